The van der Waals surface area contributed by atoms with E-state index in [2.05, 4.69) is 15.0 Å². The number of nitrogens with one attached hydrogen (secondary N) is 1. The Kier molecular flexibility index (Phi) is 3.59. The van der Waals surface area contributed by atoms with Gasteiger partial charge in [-0.15, -0.1) is 0 Å². The Labute approximate surface area is 131 Å². The fourth-order valence-corrected chi connectivity index (χ4v) is 3.25. The SMILES string of the molecule is Cc1c(S(=O)c2nc3ccc(C(F)(F)F)cc3[nH]2)ccnc1N. The van der Waals surface area contributed by atoms with Crippen LogP contribution in [0.25, 0.3) is 11.0 Å². The smallest absolute Gasteiger partial charge is 0.383 e. The molecule has 3 N–H and O–H groups in total. The third-order valence-corrected chi connectivity index (χ3v) is 4.74. The van der Waals surface area contributed by atoms with Crippen LogP contribution < -0.4 is 5.73 Å². The maximum absolute atomic E-state index is 12.7. The second kappa shape index (κ2) is 5.34. The minimum atomic E-state index is -4.45. The van der Waals surface area contributed by atoms with E-state index in [9.17, 15) is 17.4 Å². The number of halogens is 3. The molecule has 2 aromatic heterocycles. The molecular formula is C14H11F3N4OS. The average Bonchev–Trinajstić information content (AvgIpc) is 2.91. The molecule has 0 aliphatic carbocycles. The summed E-state index contributed by atoms with van der Waals surface area (Å²) in [4.78, 5) is 11.1. The van der Waals surface area contributed by atoms with Crippen molar-refractivity contribution in [2.75, 3.05) is 5.73 Å². The molecule has 1 atom stereocenters. The number of hydrogen-bond acceptors (Lipinski definition) is 4. The molecule has 0 saturated heterocycles. The molecular weight excluding hydrogens is 329 g/mol. The number of alkyl halides is 3. The van der Waals surface area contributed by atoms with Gasteiger partial charge in [0, 0.05) is 11.8 Å². The van der Waals surface area contributed by atoms with Crippen molar-refractivity contribution >= 4 is 27.7 Å². The number of imidazole rings is 1. The highest BCUT2D eigenvalue weighted by Gasteiger charge is 2.31. The highest BCUT2D eigenvalue weighted by molar-refractivity contribution is 7.85. The van der Waals surface area contributed by atoms with Gasteiger partial charge in [-0.1, -0.05) is 0 Å². The summed E-state index contributed by atoms with van der Waals surface area (Å²) in [5, 5.41) is 0.0630. The Bertz CT molecular complexity index is 920. The lowest BCUT2D eigenvalue weighted by atomic mass is 10.2. The van der Waals surface area contributed by atoms with Gasteiger partial charge < -0.3 is 10.7 Å². The van der Waals surface area contributed by atoms with E-state index in [0.717, 1.165) is 12.1 Å². The molecule has 9 heteroatoms. The van der Waals surface area contributed by atoms with Gasteiger partial charge in [0.15, 0.2) is 0 Å². The van der Waals surface area contributed by atoms with Crippen LogP contribution in [0.1, 0.15) is 11.1 Å². The molecule has 0 fully saturated rings. The maximum atomic E-state index is 12.7. The molecule has 0 aliphatic rings. The number of anilines is 1. The molecule has 0 saturated carbocycles. The van der Waals surface area contributed by atoms with Crippen molar-refractivity contribution in [1.29, 1.82) is 0 Å². The summed E-state index contributed by atoms with van der Waals surface area (Å²) in [5.41, 5.74) is 5.90. The maximum Gasteiger partial charge on any atom is 0.416 e. The van der Waals surface area contributed by atoms with Gasteiger partial charge in [-0.2, -0.15) is 13.2 Å². The lowest BCUT2D eigenvalue weighted by Gasteiger charge is -2.05. The molecule has 0 radical (unpaired) electrons. The van der Waals surface area contributed by atoms with Gasteiger partial charge >= 0.3 is 6.18 Å². The van der Waals surface area contributed by atoms with Crippen LogP contribution in [-0.4, -0.2) is 19.2 Å². The molecule has 1 unspecified atom stereocenters. The second-order valence-corrected chi connectivity index (χ2v) is 6.22. The van der Waals surface area contributed by atoms with Gasteiger partial charge in [-0.25, -0.2) is 14.2 Å². The van der Waals surface area contributed by atoms with Gasteiger partial charge in [0.2, 0.25) is 5.16 Å². The first-order chi connectivity index (χ1) is 10.8. The van der Waals surface area contributed by atoms with Crippen LogP contribution in [0.4, 0.5) is 19.0 Å². The second-order valence-electron chi connectivity index (χ2n) is 4.86. The minimum absolute atomic E-state index is 0.0630. The molecule has 3 aromatic rings. The quantitative estimate of drug-likeness (QED) is 0.751. The largest absolute Gasteiger partial charge is 0.416 e. The number of benzene rings is 1. The van der Waals surface area contributed by atoms with Crippen molar-refractivity contribution in [2.24, 2.45) is 0 Å². The zero-order valence-corrected chi connectivity index (χ0v) is 12.6. The Balaban J connectivity index is 2.07. The Morgan fingerprint density at radius 1 is 1.26 bits per heavy atom. The number of fused-ring (bicyclic) bond motifs is 1. The molecule has 23 heavy (non-hydrogen) atoms. The van der Waals surface area contributed by atoms with E-state index in [1.54, 1.807) is 6.92 Å². The van der Waals surface area contributed by atoms with Crippen LogP contribution in [0.15, 0.2) is 40.5 Å². The van der Waals surface area contributed by atoms with Gasteiger partial charge in [-0.3, -0.25) is 0 Å². The average molecular weight is 340 g/mol. The van der Waals surface area contributed by atoms with E-state index >= 15 is 0 Å². The van der Waals surface area contributed by atoms with Crippen LogP contribution in [0.2, 0.25) is 0 Å². The van der Waals surface area contributed by atoms with Gasteiger partial charge in [0.25, 0.3) is 0 Å². The molecule has 0 spiro atoms. The molecule has 0 bridgehead atoms. The number of nitrogen functional groups attached to an aromatic ring is 1. The summed E-state index contributed by atoms with van der Waals surface area (Å²) in [5.74, 6) is 0.242. The number of hydrogen-bond donors (Lipinski definition) is 2. The Morgan fingerprint density at radius 3 is 2.70 bits per heavy atom. The van der Waals surface area contributed by atoms with Crippen molar-refractivity contribution in [3.05, 3.63) is 41.6 Å². The standard InChI is InChI=1S/C14H11F3N4OS/c1-7-11(4-5-19-12(7)18)23(22)13-20-9-3-2-8(14(15,16)17)6-10(9)21-13/h2-6H,1H3,(H2,18,19)(H,20,21). The number of rotatable bonds is 2. The van der Waals surface area contributed by atoms with Crippen LogP contribution in [0.5, 0.6) is 0 Å². The van der Waals surface area contributed by atoms with Gasteiger partial charge in [0.05, 0.1) is 21.5 Å². The van der Waals surface area contributed by atoms with Gasteiger partial charge in [0.1, 0.15) is 16.6 Å². The first-order valence-corrected chi connectivity index (χ1v) is 7.62. The van der Waals surface area contributed by atoms with Crippen molar-refractivity contribution in [1.82, 2.24) is 15.0 Å². The summed E-state index contributed by atoms with van der Waals surface area (Å²) >= 11 is 0. The zero-order chi connectivity index (χ0) is 16.8. The number of nitrogens with two attached hydrogens (primary N) is 1. The highest BCUT2D eigenvalue weighted by Crippen LogP contribution is 2.31. The van der Waals surface area contributed by atoms with E-state index in [0.29, 0.717) is 16.0 Å². The fourth-order valence-electron chi connectivity index (χ4n) is 2.09. The number of nitrogens with zero attached hydrogens (tertiary/aromatic N) is 2. The molecule has 5 nitrogen and oxygen atoms in total. The normalized spacial score (nSPS) is 13.4. The minimum Gasteiger partial charge on any atom is -0.383 e. The lowest BCUT2D eigenvalue weighted by molar-refractivity contribution is -0.137. The predicted octanol–water partition coefficient (Wildman–Crippen LogP) is 3.03. The molecule has 0 aliphatic heterocycles. The summed E-state index contributed by atoms with van der Waals surface area (Å²) in [7, 11) is -1.70. The molecule has 3 rings (SSSR count). The first kappa shape index (κ1) is 15.5. The van der Waals surface area contributed by atoms with E-state index in [1.165, 1.54) is 18.3 Å². The third-order valence-electron chi connectivity index (χ3n) is 3.36. The fraction of sp³-hybridized carbons (Fsp3) is 0.143. The third kappa shape index (κ3) is 2.79. The van der Waals surface area contributed by atoms with E-state index in [-0.39, 0.29) is 16.5 Å². The predicted molar refractivity (Wildman–Crippen MR) is 79.2 cm³/mol. The Hall–Kier alpha value is -2.42. The molecule has 120 valence electrons. The van der Waals surface area contributed by atoms with Crippen molar-refractivity contribution in [3.8, 4) is 0 Å². The van der Waals surface area contributed by atoms with Crippen molar-refractivity contribution in [3.63, 3.8) is 0 Å². The number of aromatic amines is 1. The lowest BCUT2D eigenvalue weighted by Crippen LogP contribution is -2.04. The number of aromatic nitrogens is 3. The van der Waals surface area contributed by atoms with E-state index < -0.39 is 22.5 Å². The van der Waals surface area contributed by atoms with Crippen LogP contribution in [0.3, 0.4) is 0 Å². The van der Waals surface area contributed by atoms with Crippen molar-refractivity contribution < 1.29 is 17.4 Å². The van der Waals surface area contributed by atoms with Crippen LogP contribution >= 0.6 is 0 Å². The van der Waals surface area contributed by atoms with Crippen LogP contribution in [-0.2, 0) is 17.0 Å². The van der Waals surface area contributed by atoms with E-state index in [4.69, 9.17) is 5.73 Å². The topological polar surface area (TPSA) is 84.7 Å². The summed E-state index contributed by atoms with van der Waals surface area (Å²) < 4.78 is 50.8. The van der Waals surface area contributed by atoms with Gasteiger partial charge in [-0.05, 0) is 31.2 Å². The zero-order valence-electron chi connectivity index (χ0n) is 11.8. The summed E-state index contributed by atoms with van der Waals surface area (Å²) in [6, 6.07) is 4.65. The monoisotopic (exact) mass is 340 g/mol. The van der Waals surface area contributed by atoms with Crippen LogP contribution in [0, 0.1) is 6.92 Å². The van der Waals surface area contributed by atoms with E-state index in [1.807, 2.05) is 0 Å². The Morgan fingerprint density at radius 2 is 2.00 bits per heavy atom. The highest BCUT2D eigenvalue weighted by atomic mass is 32.2. The molecule has 1 aromatic carbocycles. The number of pyridine rings is 1. The molecule has 2 heterocycles. The number of H-pyrrole nitrogens is 1. The summed E-state index contributed by atoms with van der Waals surface area (Å²) in [6.45, 7) is 1.67. The first-order valence-electron chi connectivity index (χ1n) is 6.47. The summed E-state index contributed by atoms with van der Waals surface area (Å²) in [6.07, 6.45) is -3.03. The van der Waals surface area contributed by atoms with Crippen molar-refractivity contribution in [2.45, 2.75) is 23.2 Å². The molecule has 0 amide bonds.